The number of amidine groups is 1. The monoisotopic (exact) mass is 719 g/mol. The first-order chi connectivity index (χ1) is 22.1. The number of carbonyl (C=O) groups is 2. The van der Waals surface area contributed by atoms with Crippen LogP contribution < -0.4 is 10.2 Å². The molecule has 256 valence electrons. The average Bonchev–Trinajstić information content (AvgIpc) is 3.60. The van der Waals surface area contributed by atoms with Crippen molar-refractivity contribution >= 4 is 50.5 Å². The Balaban J connectivity index is 1.35. The highest BCUT2D eigenvalue weighted by molar-refractivity contribution is 8.45. The molecule has 5 rings (SSSR count). The van der Waals surface area contributed by atoms with E-state index in [0.29, 0.717) is 40.2 Å². The Morgan fingerprint density at radius 2 is 1.71 bits per heavy atom. The summed E-state index contributed by atoms with van der Waals surface area (Å²) >= 11 is 0.881. The Morgan fingerprint density at radius 1 is 1.02 bits per heavy atom. The molecule has 1 saturated heterocycles. The number of imidazole rings is 1. The Morgan fingerprint density at radius 3 is 2.31 bits per heavy atom. The molecule has 8 nitrogen and oxygen atoms in total. The van der Waals surface area contributed by atoms with Gasteiger partial charge in [-0.15, -0.1) is 0 Å². The topological polar surface area (TPSA) is 88.8 Å². The number of nitrogens with zero attached hydrogens (tertiary/aromatic N) is 4. The summed E-state index contributed by atoms with van der Waals surface area (Å²) in [5.41, 5.74) is 2.06. The minimum absolute atomic E-state index is 0.115. The van der Waals surface area contributed by atoms with E-state index < -0.39 is 39.3 Å². The van der Waals surface area contributed by atoms with Crippen LogP contribution in [0.3, 0.4) is 0 Å². The normalized spacial score (nSPS) is 16.9. The summed E-state index contributed by atoms with van der Waals surface area (Å²) in [5, 5.41) is 2.45. The zero-order chi connectivity index (χ0) is 35.3. The van der Waals surface area contributed by atoms with E-state index in [4.69, 9.17) is 4.74 Å². The van der Waals surface area contributed by atoms with E-state index in [1.165, 1.54) is 41.4 Å². The van der Waals surface area contributed by atoms with E-state index >= 15 is 0 Å². The molecular formula is C30H25F8N5O3S2. The fourth-order valence-electron chi connectivity index (χ4n) is 4.87. The van der Waals surface area contributed by atoms with Crippen molar-refractivity contribution in [3.05, 3.63) is 89.9 Å². The maximum absolute atomic E-state index is 13.8. The molecule has 2 heterocycles. The highest BCUT2D eigenvalue weighted by atomic mass is 32.5. The first-order valence-electron chi connectivity index (χ1n) is 13.7. The first kappa shape index (κ1) is 34.9. The number of hydrogen-bond acceptors (Lipinski definition) is 5. The van der Waals surface area contributed by atoms with Crippen LogP contribution >= 0.6 is 22.0 Å². The van der Waals surface area contributed by atoms with Crippen LogP contribution in [0.1, 0.15) is 22.8 Å². The molecule has 0 bridgehead atoms. The molecule has 4 aromatic rings. The summed E-state index contributed by atoms with van der Waals surface area (Å²) in [6, 6.07) is 10.3. The molecule has 1 aliphatic rings. The van der Waals surface area contributed by atoms with Crippen molar-refractivity contribution in [1.82, 2.24) is 9.55 Å². The van der Waals surface area contributed by atoms with Gasteiger partial charge in [0.15, 0.2) is 11.3 Å². The van der Waals surface area contributed by atoms with E-state index in [-0.39, 0.29) is 27.9 Å². The lowest BCUT2D eigenvalue weighted by molar-refractivity contribution is -0.215. The van der Waals surface area contributed by atoms with Crippen LogP contribution in [-0.4, -0.2) is 45.7 Å². The molecule has 3 amide bonds. The van der Waals surface area contributed by atoms with Gasteiger partial charge in [0.1, 0.15) is 4.90 Å². The van der Waals surface area contributed by atoms with Crippen LogP contribution in [-0.2, 0) is 9.53 Å². The quantitative estimate of drug-likeness (QED) is 0.192. The summed E-state index contributed by atoms with van der Waals surface area (Å²) < 4.78 is 113. The minimum Gasteiger partial charge on any atom is -0.367 e. The van der Waals surface area contributed by atoms with E-state index in [1.807, 2.05) is 0 Å². The molecule has 1 atom stereocenters. The Bertz CT molecular complexity index is 1950. The third-order valence-electron chi connectivity index (χ3n) is 7.13. The molecule has 0 aliphatic carbocycles. The van der Waals surface area contributed by atoms with E-state index in [1.54, 1.807) is 26.0 Å². The lowest BCUT2D eigenvalue weighted by Gasteiger charge is -2.40. The zero-order valence-electron chi connectivity index (χ0n) is 25.1. The van der Waals surface area contributed by atoms with Crippen LogP contribution in [0.4, 0.5) is 48.8 Å². The van der Waals surface area contributed by atoms with Crippen LogP contribution in [0.5, 0.6) is 0 Å². The average molecular weight is 720 g/mol. The number of methoxy groups -OCH3 is 1. The maximum atomic E-state index is 13.8. The summed E-state index contributed by atoms with van der Waals surface area (Å²) in [5.74, 6) is -0.741. The van der Waals surface area contributed by atoms with Gasteiger partial charge in [0.25, 0.3) is 0 Å². The van der Waals surface area contributed by atoms with Crippen LogP contribution in [0, 0.1) is 13.8 Å². The number of urea groups is 1. The predicted octanol–water partition coefficient (Wildman–Crippen LogP) is 9.73. The number of halogens is 8. The summed E-state index contributed by atoms with van der Waals surface area (Å²) in [6.07, 6.45) is -4.35. The van der Waals surface area contributed by atoms with Gasteiger partial charge in [-0.2, -0.15) is 18.2 Å². The first-order valence-corrected chi connectivity index (χ1v) is 16.6. The minimum atomic E-state index is -9.81. The summed E-state index contributed by atoms with van der Waals surface area (Å²) in [4.78, 5) is 32.9. The summed E-state index contributed by atoms with van der Waals surface area (Å²) in [7, 11) is -8.92. The van der Waals surface area contributed by atoms with Crippen molar-refractivity contribution in [3.63, 3.8) is 0 Å². The summed E-state index contributed by atoms with van der Waals surface area (Å²) in [6.45, 7) is 3.29. The lowest BCUT2D eigenvalue weighted by Crippen LogP contribution is -2.33. The fraction of sp³-hybridized carbons (Fsp3) is 0.200. The van der Waals surface area contributed by atoms with Crippen molar-refractivity contribution in [2.75, 3.05) is 23.1 Å². The second-order valence-corrected chi connectivity index (χ2v) is 14.1. The van der Waals surface area contributed by atoms with Gasteiger partial charge in [-0.05, 0) is 67.4 Å². The van der Waals surface area contributed by atoms with E-state index in [2.05, 4.69) is 15.3 Å². The lowest BCUT2D eigenvalue weighted by atomic mass is 10.0. The zero-order valence-corrected chi connectivity index (χ0v) is 26.7. The van der Waals surface area contributed by atoms with Gasteiger partial charge in [-0.25, -0.2) is 9.78 Å². The third kappa shape index (κ3) is 7.50. The number of aromatic nitrogens is 2. The number of hydrogen-bond donors (Lipinski definition) is 1. The molecule has 1 fully saturated rings. The number of rotatable bonds is 7. The smallest absolute Gasteiger partial charge is 0.367 e. The van der Waals surface area contributed by atoms with Crippen molar-refractivity contribution in [1.29, 1.82) is 0 Å². The number of anilines is 2. The number of benzene rings is 3. The molecule has 0 saturated carbocycles. The highest BCUT2D eigenvalue weighted by Gasteiger charge is 2.65. The number of ether oxygens (including phenoxy) is 1. The molecule has 0 spiro atoms. The van der Waals surface area contributed by atoms with Gasteiger partial charge >= 0.3 is 22.4 Å². The molecular weight excluding hydrogens is 694 g/mol. The Kier molecular flexibility index (Phi) is 8.45. The molecule has 1 unspecified atom stereocenters. The number of aryl methyl sites for hydroxylation is 2. The van der Waals surface area contributed by atoms with E-state index in [0.717, 1.165) is 35.9 Å². The van der Waals surface area contributed by atoms with Crippen molar-refractivity contribution in [2.45, 2.75) is 31.0 Å². The molecule has 48 heavy (non-hydrogen) atoms. The van der Waals surface area contributed by atoms with Gasteiger partial charge in [0.2, 0.25) is 5.91 Å². The molecule has 3 aromatic carbocycles. The van der Waals surface area contributed by atoms with Gasteiger partial charge in [-0.1, -0.05) is 49.4 Å². The second kappa shape index (κ2) is 11.6. The number of nitrogens with one attached hydrogen (secondary N) is 1. The highest BCUT2D eigenvalue weighted by Crippen LogP contribution is 3.02. The number of alkyl halides is 3. The van der Waals surface area contributed by atoms with Crippen molar-refractivity contribution in [3.8, 4) is 16.9 Å². The standard InChI is InChI=1S/C30H25F8N5O3S2/c1-17-4-10-22(27(46-3)30(31,32)33)25(12-17)43-26(44)15-47-29(43)41-28(45)40-23-11-5-19(13-18(23)2)24-14-42(16-39-24)20-6-8-21(9-7-20)48(34,35,36,37)38/h4-14,16,27H,15H2,1-3H3,(H,40,45)/b41-29-. The van der Waals surface area contributed by atoms with Gasteiger partial charge < -0.3 is 14.6 Å². The molecule has 1 N–H and O–H groups in total. The fourth-order valence-corrected chi connectivity index (χ4v) is 6.38. The Hall–Kier alpha value is -4.42. The number of carbonyl (C=O) groups excluding carboxylic acids is 2. The largest absolute Gasteiger partial charge is 0.418 e. The molecule has 18 heteroatoms. The van der Waals surface area contributed by atoms with Gasteiger partial charge in [0.05, 0.1) is 23.5 Å². The van der Waals surface area contributed by atoms with Crippen LogP contribution in [0.25, 0.3) is 16.9 Å². The molecule has 0 radical (unpaired) electrons. The van der Waals surface area contributed by atoms with Crippen LogP contribution in [0.15, 0.2) is 83.1 Å². The molecule has 1 aromatic heterocycles. The molecule has 1 aliphatic heterocycles. The van der Waals surface area contributed by atoms with Crippen LogP contribution in [0.2, 0.25) is 0 Å². The van der Waals surface area contributed by atoms with Crippen molar-refractivity contribution < 1.29 is 46.9 Å². The second-order valence-electron chi connectivity index (χ2n) is 10.7. The SMILES string of the molecule is COC(c1ccc(C)cc1N1C(=O)CS/C1=N\C(=O)Nc1ccc(-c2cn(-c3ccc(S(F)(F)(F)(F)F)cc3)cn2)cc1C)C(F)(F)F. The number of thioether (sulfide) groups is 1. The van der Waals surface area contributed by atoms with Gasteiger partial charge in [0, 0.05) is 35.8 Å². The predicted molar refractivity (Wildman–Crippen MR) is 169 cm³/mol. The maximum Gasteiger partial charge on any atom is 0.418 e. The number of aliphatic imine (C=N–C) groups is 1. The van der Waals surface area contributed by atoms with Crippen molar-refractivity contribution in [2.24, 2.45) is 4.99 Å². The third-order valence-corrected chi connectivity index (χ3v) is 9.22. The van der Waals surface area contributed by atoms with E-state index in [9.17, 15) is 42.2 Å². The Labute approximate surface area is 272 Å². The number of amides is 3. The van der Waals surface area contributed by atoms with Gasteiger partial charge in [-0.3, -0.25) is 9.69 Å².